The van der Waals surface area contributed by atoms with Crippen LogP contribution in [0, 0.1) is 11.8 Å². The van der Waals surface area contributed by atoms with Crippen molar-refractivity contribution < 1.29 is 4.79 Å². The fourth-order valence-corrected chi connectivity index (χ4v) is 2.16. The molecule has 0 amide bonds. The van der Waals surface area contributed by atoms with Gasteiger partial charge in [-0.2, -0.15) is 0 Å². The van der Waals surface area contributed by atoms with Crippen molar-refractivity contribution in [1.29, 1.82) is 0 Å². The summed E-state index contributed by atoms with van der Waals surface area (Å²) in [6.45, 7) is 8.56. The molecule has 0 fully saturated rings. The second kappa shape index (κ2) is 6.03. The molecule has 0 spiro atoms. The molecule has 1 unspecified atom stereocenters. The average Bonchev–Trinajstić information content (AvgIpc) is 2.16. The smallest absolute Gasteiger partial charge is 0.133 e. The molecule has 1 atom stereocenters. The van der Waals surface area contributed by atoms with Gasteiger partial charge >= 0.3 is 0 Å². The molecule has 0 bridgehead atoms. The third-order valence-corrected chi connectivity index (χ3v) is 3.18. The van der Waals surface area contributed by atoms with Gasteiger partial charge in [0.2, 0.25) is 0 Å². The zero-order valence-electron chi connectivity index (χ0n) is 11.0. The van der Waals surface area contributed by atoms with E-state index in [0.717, 1.165) is 25.7 Å². The summed E-state index contributed by atoms with van der Waals surface area (Å²) >= 11 is 0. The van der Waals surface area contributed by atoms with Crippen molar-refractivity contribution >= 4 is 5.78 Å². The standard InChI is InChI=1S/C15H24O/c1-11(2)9-15(16)10-13(4)14-7-5-12(3)6-8-14/h5,8,11,13H,6-7,9-10H2,1-4H3. The van der Waals surface area contributed by atoms with Crippen LogP contribution >= 0.6 is 0 Å². The highest BCUT2D eigenvalue weighted by molar-refractivity contribution is 5.79. The zero-order chi connectivity index (χ0) is 12.1. The van der Waals surface area contributed by atoms with E-state index in [4.69, 9.17) is 0 Å². The number of hydrogen-bond acceptors (Lipinski definition) is 1. The summed E-state index contributed by atoms with van der Waals surface area (Å²) in [6, 6.07) is 0. The number of Topliss-reactive ketones (excluding diaryl/α,β-unsaturated/α-hetero) is 1. The quantitative estimate of drug-likeness (QED) is 0.631. The van der Waals surface area contributed by atoms with Gasteiger partial charge < -0.3 is 0 Å². The molecule has 0 aromatic rings. The Morgan fingerprint density at radius 1 is 1.19 bits per heavy atom. The van der Waals surface area contributed by atoms with E-state index in [2.05, 4.69) is 39.8 Å². The van der Waals surface area contributed by atoms with E-state index in [0.29, 0.717) is 17.6 Å². The Kier molecular flexibility index (Phi) is 4.98. The average molecular weight is 220 g/mol. The topological polar surface area (TPSA) is 17.1 Å². The van der Waals surface area contributed by atoms with Crippen molar-refractivity contribution in [2.45, 2.75) is 53.4 Å². The van der Waals surface area contributed by atoms with Crippen LogP contribution < -0.4 is 0 Å². The summed E-state index contributed by atoms with van der Waals surface area (Å²) in [5, 5.41) is 0. The van der Waals surface area contributed by atoms with E-state index >= 15 is 0 Å². The second-order valence-electron chi connectivity index (χ2n) is 5.48. The van der Waals surface area contributed by atoms with Crippen molar-refractivity contribution in [3.8, 4) is 0 Å². The van der Waals surface area contributed by atoms with E-state index in [1.807, 2.05) is 0 Å². The SMILES string of the molecule is CC1=CCC(C(C)CC(=O)CC(C)C)=CC1. The van der Waals surface area contributed by atoms with Gasteiger partial charge in [-0.05, 0) is 31.6 Å². The van der Waals surface area contributed by atoms with E-state index in [1.165, 1.54) is 11.1 Å². The van der Waals surface area contributed by atoms with Crippen LogP contribution in [0.25, 0.3) is 0 Å². The zero-order valence-corrected chi connectivity index (χ0v) is 11.0. The monoisotopic (exact) mass is 220 g/mol. The summed E-state index contributed by atoms with van der Waals surface area (Å²) in [6.07, 6.45) is 8.16. The molecule has 0 radical (unpaired) electrons. The van der Waals surface area contributed by atoms with Crippen LogP contribution in [0.2, 0.25) is 0 Å². The summed E-state index contributed by atoms with van der Waals surface area (Å²) in [7, 11) is 0. The lowest BCUT2D eigenvalue weighted by molar-refractivity contribution is -0.120. The lowest BCUT2D eigenvalue weighted by atomic mass is 9.87. The Morgan fingerprint density at radius 3 is 2.38 bits per heavy atom. The molecule has 0 saturated heterocycles. The summed E-state index contributed by atoms with van der Waals surface area (Å²) < 4.78 is 0. The molecule has 1 rings (SSSR count). The Hall–Kier alpha value is -0.850. The van der Waals surface area contributed by atoms with E-state index < -0.39 is 0 Å². The highest BCUT2D eigenvalue weighted by Gasteiger charge is 2.15. The minimum absolute atomic E-state index is 0.412. The molecule has 1 aliphatic rings. The molecule has 1 nitrogen and oxygen atoms in total. The first-order chi connectivity index (χ1) is 7.49. The van der Waals surface area contributed by atoms with E-state index in [9.17, 15) is 4.79 Å². The third kappa shape index (κ3) is 4.34. The minimum atomic E-state index is 0.412. The van der Waals surface area contributed by atoms with E-state index in [1.54, 1.807) is 0 Å². The molecule has 1 heteroatoms. The first kappa shape index (κ1) is 13.2. The minimum Gasteiger partial charge on any atom is -0.300 e. The number of ketones is 1. The van der Waals surface area contributed by atoms with Crippen molar-refractivity contribution in [3.05, 3.63) is 23.3 Å². The fraction of sp³-hybridized carbons (Fsp3) is 0.667. The van der Waals surface area contributed by atoms with Crippen molar-refractivity contribution in [1.82, 2.24) is 0 Å². The van der Waals surface area contributed by atoms with Gasteiger partial charge in [-0.1, -0.05) is 44.1 Å². The van der Waals surface area contributed by atoms with Crippen LogP contribution in [0.1, 0.15) is 53.4 Å². The number of carbonyl (C=O) groups is 1. The highest BCUT2D eigenvalue weighted by atomic mass is 16.1. The van der Waals surface area contributed by atoms with Crippen LogP contribution in [-0.4, -0.2) is 5.78 Å². The van der Waals surface area contributed by atoms with Gasteiger partial charge in [0.15, 0.2) is 0 Å². The highest BCUT2D eigenvalue weighted by Crippen LogP contribution is 2.26. The first-order valence-corrected chi connectivity index (χ1v) is 6.35. The normalized spacial score (nSPS) is 18.1. The lowest BCUT2D eigenvalue weighted by Gasteiger charge is -2.18. The van der Waals surface area contributed by atoms with Gasteiger partial charge in [0, 0.05) is 12.8 Å². The first-order valence-electron chi connectivity index (χ1n) is 6.35. The van der Waals surface area contributed by atoms with Crippen molar-refractivity contribution in [2.24, 2.45) is 11.8 Å². The number of carbonyl (C=O) groups excluding carboxylic acids is 1. The van der Waals surface area contributed by atoms with Crippen molar-refractivity contribution in [2.75, 3.05) is 0 Å². The largest absolute Gasteiger partial charge is 0.300 e. The van der Waals surface area contributed by atoms with Crippen LogP contribution in [0.3, 0.4) is 0 Å². The molecule has 1 aliphatic carbocycles. The molecule has 0 aromatic carbocycles. The molecule has 0 aromatic heterocycles. The maximum absolute atomic E-state index is 11.7. The molecular formula is C15H24O. The fourth-order valence-electron chi connectivity index (χ4n) is 2.16. The maximum atomic E-state index is 11.7. The molecule has 0 heterocycles. The van der Waals surface area contributed by atoms with E-state index in [-0.39, 0.29) is 0 Å². The van der Waals surface area contributed by atoms with Gasteiger partial charge in [-0.15, -0.1) is 0 Å². The Balaban J connectivity index is 2.41. The van der Waals surface area contributed by atoms with Crippen LogP contribution in [0.5, 0.6) is 0 Å². The predicted molar refractivity (Wildman–Crippen MR) is 69.3 cm³/mol. The summed E-state index contributed by atoms with van der Waals surface area (Å²) in [5.41, 5.74) is 2.90. The molecule has 90 valence electrons. The lowest BCUT2D eigenvalue weighted by Crippen LogP contribution is -2.11. The molecule has 0 saturated carbocycles. The van der Waals surface area contributed by atoms with Gasteiger partial charge in [0.25, 0.3) is 0 Å². The molecule has 0 N–H and O–H groups in total. The van der Waals surface area contributed by atoms with Gasteiger partial charge in [0.05, 0.1) is 0 Å². The van der Waals surface area contributed by atoms with Crippen molar-refractivity contribution in [3.63, 3.8) is 0 Å². The van der Waals surface area contributed by atoms with Gasteiger partial charge in [0.1, 0.15) is 5.78 Å². The Bertz CT molecular complexity index is 307. The van der Waals surface area contributed by atoms with Crippen LogP contribution in [0.15, 0.2) is 23.3 Å². The Labute approximate surface area is 99.6 Å². The summed E-state index contributed by atoms with van der Waals surface area (Å²) in [4.78, 5) is 11.7. The maximum Gasteiger partial charge on any atom is 0.133 e. The van der Waals surface area contributed by atoms with Gasteiger partial charge in [-0.25, -0.2) is 0 Å². The molecular weight excluding hydrogens is 196 g/mol. The van der Waals surface area contributed by atoms with Gasteiger partial charge in [-0.3, -0.25) is 4.79 Å². The second-order valence-corrected chi connectivity index (χ2v) is 5.48. The Morgan fingerprint density at radius 2 is 1.88 bits per heavy atom. The summed E-state index contributed by atoms with van der Waals surface area (Å²) in [5.74, 6) is 1.33. The third-order valence-electron chi connectivity index (χ3n) is 3.18. The number of hydrogen-bond donors (Lipinski definition) is 0. The molecule has 16 heavy (non-hydrogen) atoms. The molecule has 0 aliphatic heterocycles. The number of rotatable bonds is 5. The van der Waals surface area contributed by atoms with Crippen LogP contribution in [-0.2, 0) is 4.79 Å². The predicted octanol–water partition coefficient (Wildman–Crippen LogP) is 4.29. The number of allylic oxidation sites excluding steroid dienone is 4. The van der Waals surface area contributed by atoms with Crippen LogP contribution in [0.4, 0.5) is 0 Å².